The smallest absolute Gasteiger partial charge is 0.344 e. The van der Waals surface area contributed by atoms with Crippen molar-refractivity contribution in [3.05, 3.63) is 61.6 Å². The lowest BCUT2D eigenvalue weighted by Crippen LogP contribution is -2.25. The van der Waals surface area contributed by atoms with E-state index < -0.39 is 12.1 Å². The molecule has 8 nitrogen and oxygen atoms in total. The molecular formula is C25H25BrClN3O5. The van der Waals surface area contributed by atoms with Gasteiger partial charge in [-0.2, -0.15) is 9.78 Å². The number of rotatable bonds is 7. The molecule has 184 valence electrons. The minimum atomic E-state index is -1.14. The molecule has 0 amide bonds. The highest BCUT2D eigenvalue weighted by Crippen LogP contribution is 2.42. The van der Waals surface area contributed by atoms with E-state index in [1.165, 1.54) is 31.3 Å². The van der Waals surface area contributed by atoms with E-state index in [1.54, 1.807) is 18.2 Å². The van der Waals surface area contributed by atoms with Crippen LogP contribution in [0.5, 0.6) is 11.5 Å². The van der Waals surface area contributed by atoms with Gasteiger partial charge in [-0.3, -0.25) is 4.79 Å². The van der Waals surface area contributed by atoms with Gasteiger partial charge in [0, 0.05) is 16.0 Å². The van der Waals surface area contributed by atoms with Crippen LogP contribution in [0.4, 0.5) is 0 Å². The van der Waals surface area contributed by atoms with Gasteiger partial charge in [0.2, 0.25) is 0 Å². The quantitative estimate of drug-likeness (QED) is 0.376. The average Bonchev–Trinajstić information content (AvgIpc) is 2.87. The second kappa shape index (κ2) is 10.8. The van der Waals surface area contributed by atoms with Gasteiger partial charge in [-0.15, -0.1) is 0 Å². The lowest BCUT2D eigenvalue weighted by atomic mass is 9.88. The van der Waals surface area contributed by atoms with Gasteiger partial charge in [0.1, 0.15) is 10.8 Å². The number of carboxylic acids is 1. The minimum Gasteiger partial charge on any atom is -0.493 e. The van der Waals surface area contributed by atoms with Crippen molar-refractivity contribution in [1.29, 1.82) is 0 Å². The number of para-hydroxylation sites is 1. The summed E-state index contributed by atoms with van der Waals surface area (Å²) >= 11 is 9.93. The monoisotopic (exact) mass is 561 g/mol. The number of carbonyl (C=O) groups is 1. The van der Waals surface area contributed by atoms with E-state index in [0.717, 1.165) is 25.7 Å². The number of hydrogen-bond acceptors (Lipinski definition) is 6. The minimum absolute atomic E-state index is 0.0977. The lowest BCUT2D eigenvalue weighted by Gasteiger charge is -2.22. The average molecular weight is 563 g/mol. The summed E-state index contributed by atoms with van der Waals surface area (Å²) < 4.78 is 12.7. The molecule has 0 aliphatic heterocycles. The Morgan fingerprint density at radius 1 is 1.31 bits per heavy atom. The van der Waals surface area contributed by atoms with Gasteiger partial charge < -0.3 is 14.6 Å². The molecule has 3 aromatic rings. The highest BCUT2D eigenvalue weighted by molar-refractivity contribution is 9.10. The van der Waals surface area contributed by atoms with Gasteiger partial charge in [0.25, 0.3) is 5.56 Å². The largest absolute Gasteiger partial charge is 0.493 e. The number of aromatic nitrogens is 2. The van der Waals surface area contributed by atoms with Crippen LogP contribution in [0.25, 0.3) is 10.9 Å². The first-order chi connectivity index (χ1) is 16.8. The molecule has 0 bridgehead atoms. The number of ether oxygens (including phenoxy) is 2. The molecule has 0 unspecified atom stereocenters. The topological polar surface area (TPSA) is 103 Å². The molecule has 1 atom stereocenters. The van der Waals surface area contributed by atoms with E-state index >= 15 is 0 Å². The summed E-state index contributed by atoms with van der Waals surface area (Å²) in [5.41, 5.74) is 0.943. The van der Waals surface area contributed by atoms with Crippen molar-refractivity contribution < 1.29 is 19.4 Å². The first-order valence-corrected chi connectivity index (χ1v) is 12.5. The number of hydrogen-bond donors (Lipinski definition) is 1. The number of aliphatic carboxylic acids is 1. The maximum atomic E-state index is 13.4. The number of benzene rings is 2. The molecule has 1 N–H and O–H groups in total. The summed E-state index contributed by atoms with van der Waals surface area (Å²) in [6.07, 6.45) is 5.64. The Bertz CT molecular complexity index is 1350. The van der Waals surface area contributed by atoms with Crippen molar-refractivity contribution in [2.24, 2.45) is 5.10 Å². The van der Waals surface area contributed by atoms with Crippen molar-refractivity contribution in [2.75, 3.05) is 7.11 Å². The molecule has 0 spiro atoms. The van der Waals surface area contributed by atoms with Gasteiger partial charge in [0.05, 0.1) is 24.2 Å². The van der Waals surface area contributed by atoms with Crippen LogP contribution in [0.2, 0.25) is 5.02 Å². The van der Waals surface area contributed by atoms with Crippen molar-refractivity contribution in [3.63, 3.8) is 0 Å². The highest BCUT2D eigenvalue weighted by Gasteiger charge is 2.24. The summed E-state index contributed by atoms with van der Waals surface area (Å²) in [6, 6.07) is 8.87. The van der Waals surface area contributed by atoms with Crippen molar-refractivity contribution in [1.82, 2.24) is 9.66 Å². The third kappa shape index (κ3) is 5.21. The van der Waals surface area contributed by atoms with Crippen molar-refractivity contribution in [2.45, 2.75) is 51.0 Å². The third-order valence-electron chi connectivity index (χ3n) is 6.08. The molecular weight excluding hydrogens is 538 g/mol. The number of fused-ring (bicyclic) bond motifs is 1. The van der Waals surface area contributed by atoms with E-state index in [1.807, 2.05) is 12.1 Å². The number of nitrogens with zero attached hydrogens (tertiary/aromatic N) is 3. The zero-order valence-electron chi connectivity index (χ0n) is 19.3. The second-order valence-corrected chi connectivity index (χ2v) is 9.58. The zero-order chi connectivity index (χ0) is 25.1. The molecule has 1 heterocycles. The fourth-order valence-corrected chi connectivity index (χ4v) is 4.83. The zero-order valence-corrected chi connectivity index (χ0v) is 21.7. The van der Waals surface area contributed by atoms with Gasteiger partial charge in [-0.25, -0.2) is 9.78 Å². The fourth-order valence-electron chi connectivity index (χ4n) is 4.18. The molecule has 4 rings (SSSR count). The number of methoxy groups -OCH3 is 1. The van der Waals surface area contributed by atoms with Crippen LogP contribution in [-0.2, 0) is 4.79 Å². The number of carboxylic acid groups (broad SMARTS) is 1. The van der Waals surface area contributed by atoms with Gasteiger partial charge in [0.15, 0.2) is 17.6 Å². The molecule has 1 aliphatic rings. The van der Waals surface area contributed by atoms with E-state index in [0.29, 0.717) is 26.8 Å². The standard InChI is InChI=1S/C25H25BrClN3O5/c1-14(25(32)33)35-22-19(34-2)12-16(20(26)21(22)27)13-28-30-23(15-8-4-3-5-9-15)29-18-11-7-6-10-17(18)24(30)31/h6-7,10-15H,3-5,8-9H2,1-2H3,(H,32,33)/t14-/m1/s1. The summed E-state index contributed by atoms with van der Waals surface area (Å²) in [4.78, 5) is 29.5. The normalized spacial score (nSPS) is 15.4. The molecule has 1 saturated carbocycles. The van der Waals surface area contributed by atoms with E-state index in [4.69, 9.17) is 26.1 Å². The molecule has 2 aromatic carbocycles. The van der Waals surface area contributed by atoms with Crippen LogP contribution < -0.4 is 15.0 Å². The van der Waals surface area contributed by atoms with Crippen molar-refractivity contribution >= 4 is 50.6 Å². The highest BCUT2D eigenvalue weighted by atomic mass is 79.9. The Hall–Kier alpha value is -2.91. The predicted octanol–water partition coefficient (Wildman–Crippen LogP) is 5.60. The van der Waals surface area contributed by atoms with Gasteiger partial charge in [-0.05, 0) is 53.9 Å². The maximum absolute atomic E-state index is 13.4. The Labute approximate surface area is 215 Å². The van der Waals surface area contributed by atoms with Gasteiger partial charge >= 0.3 is 5.97 Å². The second-order valence-electron chi connectivity index (χ2n) is 8.41. The van der Waals surface area contributed by atoms with Crippen LogP contribution in [0.3, 0.4) is 0 Å². The summed E-state index contributed by atoms with van der Waals surface area (Å²) in [5, 5.41) is 14.3. The van der Waals surface area contributed by atoms with Crippen LogP contribution >= 0.6 is 27.5 Å². The Morgan fingerprint density at radius 2 is 2.03 bits per heavy atom. The van der Waals surface area contributed by atoms with Crippen LogP contribution in [0.15, 0.2) is 44.7 Å². The summed E-state index contributed by atoms with van der Waals surface area (Å²) in [6.45, 7) is 1.40. The first-order valence-electron chi connectivity index (χ1n) is 11.3. The van der Waals surface area contributed by atoms with Crippen LogP contribution in [0.1, 0.15) is 56.3 Å². The lowest BCUT2D eigenvalue weighted by molar-refractivity contribution is -0.144. The number of halogens is 2. The molecule has 35 heavy (non-hydrogen) atoms. The van der Waals surface area contributed by atoms with Crippen LogP contribution in [0, 0.1) is 0 Å². The Morgan fingerprint density at radius 3 is 2.71 bits per heavy atom. The van der Waals surface area contributed by atoms with Crippen LogP contribution in [-0.4, -0.2) is 40.2 Å². The Kier molecular flexibility index (Phi) is 7.76. The SMILES string of the molecule is COc1cc(C=Nn2c(C3CCCCC3)nc3ccccc3c2=O)c(Br)c(Cl)c1O[C@H](C)C(=O)O. The first kappa shape index (κ1) is 25.2. The molecule has 1 aliphatic carbocycles. The van der Waals surface area contributed by atoms with E-state index in [-0.39, 0.29) is 28.0 Å². The van der Waals surface area contributed by atoms with Crippen molar-refractivity contribution in [3.8, 4) is 11.5 Å². The molecule has 0 saturated heterocycles. The Balaban J connectivity index is 1.80. The predicted molar refractivity (Wildman–Crippen MR) is 138 cm³/mol. The summed E-state index contributed by atoms with van der Waals surface area (Å²) in [5.74, 6) is -0.00445. The fraction of sp³-hybridized carbons (Fsp3) is 0.360. The van der Waals surface area contributed by atoms with E-state index in [2.05, 4.69) is 21.0 Å². The molecule has 10 heteroatoms. The molecule has 1 aromatic heterocycles. The third-order valence-corrected chi connectivity index (χ3v) is 7.52. The molecule has 1 fully saturated rings. The summed E-state index contributed by atoms with van der Waals surface area (Å²) in [7, 11) is 1.43. The van der Waals surface area contributed by atoms with Gasteiger partial charge in [-0.1, -0.05) is 43.0 Å². The maximum Gasteiger partial charge on any atom is 0.344 e. The molecule has 0 radical (unpaired) electrons. The van der Waals surface area contributed by atoms with E-state index in [9.17, 15) is 14.7 Å².